The fraction of sp³-hybridized carbons (Fsp3) is 0.364. The number of para-hydroxylation sites is 1. The number of carbonyl (C=O) groups is 1. The minimum Gasteiger partial charge on any atom is -0.491 e. The van der Waals surface area contributed by atoms with Crippen molar-refractivity contribution < 1.29 is 19.7 Å². The Hall–Kier alpha value is -1.59. The van der Waals surface area contributed by atoms with Gasteiger partial charge in [-0.3, -0.25) is 4.79 Å². The third kappa shape index (κ3) is 3.52. The molecule has 4 N–H and O–H groups in total. The van der Waals surface area contributed by atoms with E-state index in [1.54, 1.807) is 24.3 Å². The number of benzene rings is 1. The van der Waals surface area contributed by atoms with E-state index in [0.717, 1.165) is 0 Å². The zero-order valence-electron chi connectivity index (χ0n) is 8.80. The molecule has 0 saturated heterocycles. The molecule has 88 valence electrons. The molecular formula is C11H15NO4. The summed E-state index contributed by atoms with van der Waals surface area (Å²) in [4.78, 5) is 10.5. The molecule has 5 heteroatoms. The molecule has 1 aromatic carbocycles. The van der Waals surface area contributed by atoms with E-state index >= 15 is 0 Å². The summed E-state index contributed by atoms with van der Waals surface area (Å²) in [5.74, 6) is -0.435. The number of aliphatic carboxylic acids is 1. The van der Waals surface area contributed by atoms with Gasteiger partial charge in [0.25, 0.3) is 0 Å². The molecule has 16 heavy (non-hydrogen) atoms. The van der Waals surface area contributed by atoms with Gasteiger partial charge >= 0.3 is 5.97 Å². The Morgan fingerprint density at radius 1 is 1.44 bits per heavy atom. The van der Waals surface area contributed by atoms with E-state index in [9.17, 15) is 4.79 Å². The first-order valence-electron chi connectivity index (χ1n) is 4.95. The molecule has 0 fully saturated rings. The van der Waals surface area contributed by atoms with Crippen molar-refractivity contribution in [2.45, 2.75) is 12.5 Å². The Balaban J connectivity index is 2.80. The van der Waals surface area contributed by atoms with Gasteiger partial charge in [-0.05, 0) is 6.07 Å². The summed E-state index contributed by atoms with van der Waals surface area (Å²) >= 11 is 0. The van der Waals surface area contributed by atoms with E-state index in [4.69, 9.17) is 20.7 Å². The van der Waals surface area contributed by atoms with Gasteiger partial charge in [-0.25, -0.2) is 0 Å². The average molecular weight is 225 g/mol. The number of aliphatic hydroxyl groups is 1. The van der Waals surface area contributed by atoms with Crippen LogP contribution in [0.4, 0.5) is 0 Å². The summed E-state index contributed by atoms with van der Waals surface area (Å²) in [7, 11) is 0. The number of rotatable bonds is 6. The van der Waals surface area contributed by atoms with Gasteiger partial charge in [0.2, 0.25) is 0 Å². The molecule has 1 aromatic rings. The topological polar surface area (TPSA) is 92.8 Å². The van der Waals surface area contributed by atoms with E-state index in [1.807, 2.05) is 0 Å². The number of nitrogens with two attached hydrogens (primary N) is 1. The van der Waals surface area contributed by atoms with E-state index in [1.165, 1.54) is 0 Å². The Bertz CT molecular complexity index is 354. The second-order valence-electron chi connectivity index (χ2n) is 3.31. The molecule has 1 unspecified atom stereocenters. The van der Waals surface area contributed by atoms with Gasteiger partial charge < -0.3 is 20.7 Å². The number of hydrogen-bond donors (Lipinski definition) is 3. The van der Waals surface area contributed by atoms with Crippen molar-refractivity contribution in [1.29, 1.82) is 0 Å². The van der Waals surface area contributed by atoms with E-state index in [-0.39, 0.29) is 19.6 Å². The van der Waals surface area contributed by atoms with Crippen molar-refractivity contribution in [3.05, 3.63) is 29.8 Å². The largest absolute Gasteiger partial charge is 0.491 e. The maximum Gasteiger partial charge on any atom is 0.305 e. The quantitative estimate of drug-likeness (QED) is 0.656. The lowest BCUT2D eigenvalue weighted by atomic mass is 10.0. The Morgan fingerprint density at radius 2 is 2.12 bits per heavy atom. The summed E-state index contributed by atoms with van der Waals surface area (Å²) in [6.45, 7) is 0.0688. The van der Waals surface area contributed by atoms with Crippen LogP contribution in [0.1, 0.15) is 18.0 Å². The first-order chi connectivity index (χ1) is 7.65. The van der Waals surface area contributed by atoms with Crippen LogP contribution in [-0.2, 0) is 4.79 Å². The fourth-order valence-corrected chi connectivity index (χ4v) is 1.37. The van der Waals surface area contributed by atoms with Crippen LogP contribution in [0, 0.1) is 0 Å². The fourth-order valence-electron chi connectivity index (χ4n) is 1.37. The van der Waals surface area contributed by atoms with Gasteiger partial charge in [0.15, 0.2) is 0 Å². The highest BCUT2D eigenvalue weighted by molar-refractivity contribution is 5.68. The van der Waals surface area contributed by atoms with Gasteiger partial charge in [0, 0.05) is 11.6 Å². The normalized spacial score (nSPS) is 12.1. The molecule has 0 aliphatic heterocycles. The van der Waals surface area contributed by atoms with Crippen LogP contribution < -0.4 is 10.5 Å². The zero-order valence-corrected chi connectivity index (χ0v) is 8.80. The zero-order chi connectivity index (χ0) is 12.0. The second kappa shape index (κ2) is 6.09. The monoisotopic (exact) mass is 225 g/mol. The molecular weight excluding hydrogens is 210 g/mol. The molecule has 0 bridgehead atoms. The minimum atomic E-state index is -0.954. The van der Waals surface area contributed by atoms with Gasteiger partial charge in [-0.2, -0.15) is 0 Å². The number of carboxylic acids is 1. The van der Waals surface area contributed by atoms with Crippen LogP contribution in [0.2, 0.25) is 0 Å². The molecule has 0 amide bonds. The van der Waals surface area contributed by atoms with Crippen molar-refractivity contribution >= 4 is 5.97 Å². The summed E-state index contributed by atoms with van der Waals surface area (Å²) in [5.41, 5.74) is 6.38. The SMILES string of the molecule is NC(CC(=O)O)c1ccccc1OCCO. The predicted octanol–water partition coefficient (Wildman–Crippen LogP) is 0.532. The summed E-state index contributed by atoms with van der Waals surface area (Å²) in [6.07, 6.45) is -0.153. The molecule has 0 aliphatic rings. The van der Waals surface area contributed by atoms with Crippen LogP contribution in [0.3, 0.4) is 0 Å². The third-order valence-corrected chi connectivity index (χ3v) is 2.06. The maximum atomic E-state index is 10.5. The van der Waals surface area contributed by atoms with Gasteiger partial charge in [0.1, 0.15) is 12.4 Å². The highest BCUT2D eigenvalue weighted by Gasteiger charge is 2.14. The van der Waals surface area contributed by atoms with Gasteiger partial charge in [-0.15, -0.1) is 0 Å². The third-order valence-electron chi connectivity index (χ3n) is 2.06. The molecule has 0 saturated carbocycles. The molecule has 0 radical (unpaired) electrons. The summed E-state index contributed by atoms with van der Waals surface area (Å²) in [6, 6.07) is 6.35. The average Bonchev–Trinajstić information content (AvgIpc) is 2.25. The van der Waals surface area contributed by atoms with Crippen LogP contribution in [-0.4, -0.2) is 29.4 Å². The highest BCUT2D eigenvalue weighted by atomic mass is 16.5. The second-order valence-corrected chi connectivity index (χ2v) is 3.31. The van der Waals surface area contributed by atoms with Crippen LogP contribution in [0.5, 0.6) is 5.75 Å². The molecule has 1 atom stereocenters. The van der Waals surface area contributed by atoms with Crippen molar-refractivity contribution in [2.24, 2.45) is 5.73 Å². The van der Waals surface area contributed by atoms with E-state index < -0.39 is 12.0 Å². The van der Waals surface area contributed by atoms with Crippen molar-refractivity contribution in [2.75, 3.05) is 13.2 Å². The summed E-state index contributed by atoms with van der Waals surface area (Å²) in [5, 5.41) is 17.3. The van der Waals surface area contributed by atoms with Crippen LogP contribution >= 0.6 is 0 Å². The van der Waals surface area contributed by atoms with Crippen LogP contribution in [0.15, 0.2) is 24.3 Å². The Morgan fingerprint density at radius 3 is 2.75 bits per heavy atom. The van der Waals surface area contributed by atoms with Crippen molar-refractivity contribution in [3.63, 3.8) is 0 Å². The first kappa shape index (κ1) is 12.5. The van der Waals surface area contributed by atoms with Crippen molar-refractivity contribution in [1.82, 2.24) is 0 Å². The Kier molecular flexibility index (Phi) is 4.75. The minimum absolute atomic E-state index is 0.0947. The lowest BCUT2D eigenvalue weighted by molar-refractivity contribution is -0.137. The number of ether oxygens (including phenoxy) is 1. The maximum absolute atomic E-state index is 10.5. The van der Waals surface area contributed by atoms with E-state index in [0.29, 0.717) is 11.3 Å². The smallest absolute Gasteiger partial charge is 0.305 e. The van der Waals surface area contributed by atoms with E-state index in [2.05, 4.69) is 0 Å². The van der Waals surface area contributed by atoms with Crippen LogP contribution in [0.25, 0.3) is 0 Å². The van der Waals surface area contributed by atoms with Gasteiger partial charge in [-0.1, -0.05) is 18.2 Å². The molecule has 0 heterocycles. The lowest BCUT2D eigenvalue weighted by Gasteiger charge is -2.14. The first-order valence-corrected chi connectivity index (χ1v) is 4.95. The lowest BCUT2D eigenvalue weighted by Crippen LogP contribution is -2.16. The van der Waals surface area contributed by atoms with Gasteiger partial charge in [0.05, 0.1) is 13.0 Å². The molecule has 5 nitrogen and oxygen atoms in total. The van der Waals surface area contributed by atoms with Crippen molar-refractivity contribution in [3.8, 4) is 5.75 Å². The molecule has 0 aromatic heterocycles. The molecule has 1 rings (SSSR count). The highest BCUT2D eigenvalue weighted by Crippen LogP contribution is 2.25. The standard InChI is InChI=1S/C11H15NO4/c12-9(7-11(14)15)8-3-1-2-4-10(8)16-6-5-13/h1-4,9,13H,5-7,12H2,(H,14,15). The number of hydrogen-bond acceptors (Lipinski definition) is 4. The molecule has 0 aliphatic carbocycles. The predicted molar refractivity (Wildman–Crippen MR) is 58.2 cm³/mol. The number of aliphatic hydroxyl groups excluding tert-OH is 1. The summed E-state index contributed by atoms with van der Waals surface area (Å²) < 4.78 is 5.27. The molecule has 0 spiro atoms. The Labute approximate surface area is 93.5 Å². The number of carboxylic acid groups (broad SMARTS) is 1.